The van der Waals surface area contributed by atoms with Gasteiger partial charge in [-0.2, -0.15) is 0 Å². The summed E-state index contributed by atoms with van der Waals surface area (Å²) in [4.78, 5) is 2.38. The van der Waals surface area contributed by atoms with Crippen LogP contribution < -0.4 is 4.90 Å². The van der Waals surface area contributed by atoms with Crippen LogP contribution in [-0.2, 0) is 12.8 Å². The topological polar surface area (TPSA) is 3.24 Å². The summed E-state index contributed by atoms with van der Waals surface area (Å²) in [5, 5.41) is 0. The molecule has 0 aliphatic carbocycles. The van der Waals surface area contributed by atoms with Crippen LogP contribution in [0.4, 0.5) is 10.1 Å². The second kappa shape index (κ2) is 3.22. The maximum atomic E-state index is 14.0. The third kappa shape index (κ3) is 1.27. The van der Waals surface area contributed by atoms with Crippen LogP contribution in [0, 0.1) is 12.7 Å². The molecule has 0 aromatic heterocycles. The van der Waals surface area contributed by atoms with Gasteiger partial charge in [0.1, 0.15) is 5.82 Å². The van der Waals surface area contributed by atoms with Crippen molar-refractivity contribution in [2.24, 2.45) is 0 Å². The molecule has 0 bridgehead atoms. The Bertz CT molecular complexity index is 409. The molecule has 0 saturated heterocycles. The van der Waals surface area contributed by atoms with E-state index in [2.05, 4.69) is 4.90 Å². The molecule has 1 aromatic carbocycles. The molecule has 1 aromatic rings. The molecule has 2 aliphatic heterocycles. The second-order valence-corrected chi connectivity index (χ2v) is 4.69. The minimum Gasteiger partial charge on any atom is -0.371 e. The molecule has 2 heteroatoms. The number of rotatable bonds is 0. The van der Waals surface area contributed by atoms with E-state index in [1.54, 1.807) is 0 Å². The van der Waals surface area contributed by atoms with Crippen LogP contribution in [0.1, 0.15) is 29.5 Å². The molecule has 0 amide bonds. The molecular weight excluding hydrogens is 189 g/mol. The highest BCUT2D eigenvalue weighted by molar-refractivity contribution is 5.64. The molecule has 0 N–H and O–H groups in total. The first-order chi connectivity index (χ1) is 7.27. The van der Waals surface area contributed by atoms with Crippen molar-refractivity contribution in [1.82, 2.24) is 0 Å². The summed E-state index contributed by atoms with van der Waals surface area (Å²) < 4.78 is 14.0. The maximum Gasteiger partial charge on any atom is 0.131 e. The number of anilines is 1. The van der Waals surface area contributed by atoms with E-state index < -0.39 is 0 Å². The first-order valence-electron chi connectivity index (χ1n) is 5.83. The lowest BCUT2D eigenvalue weighted by atomic mass is 9.90. The SMILES string of the molecule is Cc1cc2c3c(c1F)CCCN3CCC2. The zero-order valence-corrected chi connectivity index (χ0v) is 9.15. The average Bonchev–Trinajstić information content (AvgIpc) is 2.26. The number of halogens is 1. The Morgan fingerprint density at radius 1 is 1.20 bits per heavy atom. The number of nitrogens with zero attached hydrogens (tertiary/aromatic N) is 1. The number of hydrogen-bond acceptors (Lipinski definition) is 1. The van der Waals surface area contributed by atoms with E-state index in [0.29, 0.717) is 0 Å². The van der Waals surface area contributed by atoms with Gasteiger partial charge in [-0.05, 0) is 43.7 Å². The fraction of sp³-hybridized carbons (Fsp3) is 0.538. The summed E-state index contributed by atoms with van der Waals surface area (Å²) in [5.74, 6) is 0.0420. The van der Waals surface area contributed by atoms with Crippen molar-refractivity contribution in [3.8, 4) is 0 Å². The first kappa shape index (κ1) is 9.20. The Balaban J connectivity index is 2.25. The first-order valence-corrected chi connectivity index (χ1v) is 5.83. The van der Waals surface area contributed by atoms with Crippen molar-refractivity contribution >= 4 is 5.69 Å². The highest BCUT2D eigenvalue weighted by Gasteiger charge is 2.26. The predicted molar refractivity (Wildman–Crippen MR) is 60.0 cm³/mol. The highest BCUT2D eigenvalue weighted by atomic mass is 19.1. The van der Waals surface area contributed by atoms with E-state index in [1.165, 1.54) is 17.7 Å². The van der Waals surface area contributed by atoms with Gasteiger partial charge in [0.15, 0.2) is 0 Å². The molecule has 80 valence electrons. The lowest BCUT2D eigenvalue weighted by molar-refractivity contribution is 0.565. The molecule has 0 saturated carbocycles. The third-order valence-electron chi connectivity index (χ3n) is 3.64. The van der Waals surface area contributed by atoms with Crippen LogP contribution in [0.15, 0.2) is 6.07 Å². The standard InChI is InChI=1S/C13H16FN/c1-9-8-10-4-2-6-15-7-3-5-11(12(9)14)13(10)15/h8H,2-7H2,1H3. The lowest BCUT2D eigenvalue weighted by Gasteiger charge is -2.37. The summed E-state index contributed by atoms with van der Waals surface area (Å²) >= 11 is 0. The van der Waals surface area contributed by atoms with Gasteiger partial charge in [0.2, 0.25) is 0 Å². The molecule has 0 fully saturated rings. The van der Waals surface area contributed by atoms with Gasteiger partial charge in [-0.25, -0.2) is 4.39 Å². The third-order valence-corrected chi connectivity index (χ3v) is 3.64. The van der Waals surface area contributed by atoms with Crippen LogP contribution in [0.2, 0.25) is 0 Å². The zero-order chi connectivity index (χ0) is 10.4. The summed E-state index contributed by atoms with van der Waals surface area (Å²) in [6.07, 6.45) is 4.37. The second-order valence-electron chi connectivity index (χ2n) is 4.69. The van der Waals surface area contributed by atoms with Crippen LogP contribution in [0.3, 0.4) is 0 Å². The Morgan fingerprint density at radius 3 is 2.73 bits per heavy atom. The molecule has 2 heterocycles. The van der Waals surface area contributed by atoms with E-state index >= 15 is 0 Å². The van der Waals surface area contributed by atoms with E-state index in [9.17, 15) is 4.39 Å². The molecule has 3 rings (SSSR count). The normalized spacial score (nSPS) is 18.9. The largest absolute Gasteiger partial charge is 0.371 e. The Labute approximate surface area is 89.9 Å². The molecule has 0 atom stereocenters. The summed E-state index contributed by atoms with van der Waals surface area (Å²) in [5.41, 5.74) is 4.41. The van der Waals surface area contributed by atoms with E-state index in [0.717, 1.165) is 43.5 Å². The van der Waals surface area contributed by atoms with Crippen molar-refractivity contribution in [2.75, 3.05) is 18.0 Å². The Kier molecular flexibility index (Phi) is 1.98. The van der Waals surface area contributed by atoms with Crippen molar-refractivity contribution in [1.29, 1.82) is 0 Å². The van der Waals surface area contributed by atoms with Crippen LogP contribution in [0.5, 0.6) is 0 Å². The number of benzene rings is 1. The fourth-order valence-electron chi connectivity index (χ4n) is 2.98. The molecule has 0 unspecified atom stereocenters. The smallest absolute Gasteiger partial charge is 0.131 e. The van der Waals surface area contributed by atoms with Crippen molar-refractivity contribution in [3.63, 3.8) is 0 Å². The lowest BCUT2D eigenvalue weighted by Crippen LogP contribution is -2.35. The monoisotopic (exact) mass is 205 g/mol. The van der Waals surface area contributed by atoms with Gasteiger partial charge in [-0.15, -0.1) is 0 Å². The number of hydrogen-bond donors (Lipinski definition) is 0. The summed E-state index contributed by atoms with van der Waals surface area (Å²) in [7, 11) is 0. The van der Waals surface area contributed by atoms with Gasteiger partial charge in [-0.1, -0.05) is 6.07 Å². The minimum atomic E-state index is 0.0420. The predicted octanol–water partition coefficient (Wildman–Crippen LogP) is 2.83. The Morgan fingerprint density at radius 2 is 1.93 bits per heavy atom. The van der Waals surface area contributed by atoms with Gasteiger partial charge >= 0.3 is 0 Å². The molecular formula is C13H16FN. The van der Waals surface area contributed by atoms with Crippen molar-refractivity contribution in [3.05, 3.63) is 28.6 Å². The maximum absolute atomic E-state index is 14.0. The van der Waals surface area contributed by atoms with Crippen molar-refractivity contribution < 1.29 is 4.39 Å². The van der Waals surface area contributed by atoms with Gasteiger partial charge in [0, 0.05) is 24.3 Å². The van der Waals surface area contributed by atoms with Crippen LogP contribution in [0.25, 0.3) is 0 Å². The van der Waals surface area contributed by atoms with Gasteiger partial charge in [-0.3, -0.25) is 0 Å². The molecule has 0 spiro atoms. The summed E-state index contributed by atoms with van der Waals surface area (Å²) in [6, 6.07) is 2.05. The van der Waals surface area contributed by atoms with Gasteiger partial charge in [0.25, 0.3) is 0 Å². The highest BCUT2D eigenvalue weighted by Crippen LogP contribution is 2.37. The quantitative estimate of drug-likeness (QED) is 0.629. The Hall–Kier alpha value is -1.05. The van der Waals surface area contributed by atoms with Crippen LogP contribution in [-0.4, -0.2) is 13.1 Å². The van der Waals surface area contributed by atoms with E-state index in [4.69, 9.17) is 0 Å². The fourth-order valence-corrected chi connectivity index (χ4v) is 2.98. The van der Waals surface area contributed by atoms with Crippen molar-refractivity contribution in [2.45, 2.75) is 32.6 Å². The minimum absolute atomic E-state index is 0.0420. The van der Waals surface area contributed by atoms with E-state index in [-0.39, 0.29) is 5.82 Å². The van der Waals surface area contributed by atoms with Gasteiger partial charge in [0.05, 0.1) is 0 Å². The average molecular weight is 205 g/mol. The van der Waals surface area contributed by atoms with Gasteiger partial charge < -0.3 is 4.90 Å². The molecule has 2 aliphatic rings. The number of aryl methyl sites for hydroxylation is 2. The molecule has 1 nitrogen and oxygen atoms in total. The molecule has 15 heavy (non-hydrogen) atoms. The van der Waals surface area contributed by atoms with Crippen LogP contribution >= 0.6 is 0 Å². The molecule has 0 radical (unpaired) electrons. The van der Waals surface area contributed by atoms with E-state index in [1.807, 2.05) is 13.0 Å². The zero-order valence-electron chi connectivity index (χ0n) is 9.15. The summed E-state index contributed by atoms with van der Waals surface area (Å²) in [6.45, 7) is 4.12.